The first-order valence-electron chi connectivity index (χ1n) is 6.97. The lowest BCUT2D eigenvalue weighted by atomic mass is 9.74. The minimum absolute atomic E-state index is 0.137. The average molecular weight is 283 g/mol. The third-order valence-corrected chi connectivity index (χ3v) is 4.21. The fourth-order valence-electron chi connectivity index (χ4n) is 1.92. The number of rotatable bonds is 5. The molecule has 0 spiro atoms. The van der Waals surface area contributed by atoms with Crippen LogP contribution in [0.1, 0.15) is 47.1 Å². The molecule has 0 radical (unpaired) electrons. The van der Waals surface area contributed by atoms with Crippen LogP contribution >= 0.6 is 11.6 Å². The van der Waals surface area contributed by atoms with Gasteiger partial charge in [-0.05, 0) is 50.2 Å². The zero-order chi connectivity index (χ0) is 14.7. The van der Waals surface area contributed by atoms with E-state index in [4.69, 9.17) is 11.6 Å². The van der Waals surface area contributed by atoms with Crippen LogP contribution in [-0.4, -0.2) is 17.1 Å². The van der Waals surface area contributed by atoms with Gasteiger partial charge in [0.05, 0.1) is 5.02 Å². The van der Waals surface area contributed by atoms with Gasteiger partial charge in [-0.3, -0.25) is 4.98 Å². The Morgan fingerprint density at radius 2 is 1.89 bits per heavy atom. The van der Waals surface area contributed by atoms with E-state index in [0.717, 1.165) is 18.0 Å². The highest BCUT2D eigenvalue weighted by Crippen LogP contribution is 2.33. The number of nitrogens with zero attached hydrogens (tertiary/aromatic N) is 1. The number of aromatic nitrogens is 1. The number of hydrogen-bond acceptors (Lipinski definition) is 2. The summed E-state index contributed by atoms with van der Waals surface area (Å²) in [7, 11) is 0. The number of pyridine rings is 1. The fraction of sp³-hybridized carbons (Fsp3) is 0.688. The lowest BCUT2D eigenvalue weighted by Crippen LogP contribution is -2.45. The van der Waals surface area contributed by atoms with Crippen LogP contribution in [0.2, 0.25) is 5.02 Å². The Labute approximate surface area is 123 Å². The first-order valence-corrected chi connectivity index (χ1v) is 7.35. The second kappa shape index (κ2) is 6.23. The van der Waals surface area contributed by atoms with Crippen LogP contribution in [0.3, 0.4) is 0 Å². The third kappa shape index (κ3) is 5.12. The van der Waals surface area contributed by atoms with Crippen molar-refractivity contribution in [2.45, 2.75) is 53.5 Å². The molecule has 0 saturated carbocycles. The summed E-state index contributed by atoms with van der Waals surface area (Å²) in [5.74, 6) is 0.576. The van der Waals surface area contributed by atoms with Gasteiger partial charge in [-0.15, -0.1) is 0 Å². The van der Waals surface area contributed by atoms with Crippen molar-refractivity contribution in [3.63, 3.8) is 0 Å². The molecule has 2 nitrogen and oxygen atoms in total. The van der Waals surface area contributed by atoms with Crippen molar-refractivity contribution in [1.82, 2.24) is 10.3 Å². The summed E-state index contributed by atoms with van der Waals surface area (Å²) in [6.45, 7) is 14.5. The molecular formula is C16H27ClN2. The van der Waals surface area contributed by atoms with Gasteiger partial charge in [0, 0.05) is 24.5 Å². The van der Waals surface area contributed by atoms with E-state index in [1.54, 1.807) is 6.20 Å². The Hall–Kier alpha value is -0.600. The largest absolute Gasteiger partial charge is 0.312 e. The molecule has 108 valence electrons. The Kier molecular flexibility index (Phi) is 5.40. The van der Waals surface area contributed by atoms with Crippen LogP contribution in [0.25, 0.3) is 0 Å². The van der Waals surface area contributed by atoms with E-state index in [9.17, 15) is 0 Å². The minimum Gasteiger partial charge on any atom is -0.312 e. The predicted octanol–water partition coefficient (Wildman–Crippen LogP) is 4.33. The lowest BCUT2D eigenvalue weighted by molar-refractivity contribution is 0.188. The summed E-state index contributed by atoms with van der Waals surface area (Å²) in [5, 5.41) is 4.39. The molecule has 0 aliphatic heterocycles. The molecule has 1 aromatic rings. The average Bonchev–Trinajstić information content (AvgIpc) is 2.28. The second-order valence-corrected chi connectivity index (χ2v) is 7.46. The van der Waals surface area contributed by atoms with Gasteiger partial charge in [0.1, 0.15) is 0 Å². The Balaban J connectivity index is 2.85. The van der Waals surface area contributed by atoms with Crippen molar-refractivity contribution >= 4 is 11.6 Å². The van der Waals surface area contributed by atoms with Crippen molar-refractivity contribution in [2.24, 2.45) is 11.3 Å². The van der Waals surface area contributed by atoms with E-state index < -0.39 is 0 Å². The van der Waals surface area contributed by atoms with Gasteiger partial charge in [-0.1, -0.05) is 32.4 Å². The van der Waals surface area contributed by atoms with Crippen LogP contribution in [0.15, 0.2) is 18.5 Å². The summed E-state index contributed by atoms with van der Waals surface area (Å²) >= 11 is 6.24. The molecule has 0 aliphatic rings. The Morgan fingerprint density at radius 3 is 2.37 bits per heavy atom. The van der Waals surface area contributed by atoms with Crippen LogP contribution in [0, 0.1) is 11.3 Å². The zero-order valence-corrected chi connectivity index (χ0v) is 13.8. The van der Waals surface area contributed by atoms with E-state index in [2.05, 4.69) is 51.8 Å². The first kappa shape index (κ1) is 16.5. The molecule has 1 N–H and O–H groups in total. The first-order chi connectivity index (χ1) is 8.64. The van der Waals surface area contributed by atoms with Crippen molar-refractivity contribution in [3.8, 4) is 0 Å². The van der Waals surface area contributed by atoms with Crippen molar-refractivity contribution < 1.29 is 0 Å². The number of nitrogens with one attached hydrogen (secondary N) is 1. The molecule has 0 fully saturated rings. The molecule has 0 saturated heterocycles. The molecule has 1 rings (SSSR count). The molecule has 1 aromatic heterocycles. The predicted molar refractivity (Wildman–Crippen MR) is 83.7 cm³/mol. The smallest absolute Gasteiger partial charge is 0.0621 e. The molecule has 1 atom stereocenters. The maximum Gasteiger partial charge on any atom is 0.0621 e. The third-order valence-electron chi connectivity index (χ3n) is 3.87. The van der Waals surface area contributed by atoms with Gasteiger partial charge >= 0.3 is 0 Å². The maximum absolute atomic E-state index is 6.24. The van der Waals surface area contributed by atoms with E-state index >= 15 is 0 Å². The molecular weight excluding hydrogens is 256 g/mol. The van der Waals surface area contributed by atoms with Crippen LogP contribution < -0.4 is 5.32 Å². The molecule has 0 aliphatic carbocycles. The SMILES string of the molecule is CC(C)C(C)(CNC(C)(C)C)Cc1ccncc1Cl. The van der Waals surface area contributed by atoms with E-state index in [-0.39, 0.29) is 11.0 Å². The normalized spacial score (nSPS) is 15.6. The van der Waals surface area contributed by atoms with Gasteiger partial charge < -0.3 is 5.32 Å². The molecule has 19 heavy (non-hydrogen) atoms. The molecule has 1 heterocycles. The Bertz CT molecular complexity index is 409. The molecule has 0 amide bonds. The molecule has 0 bridgehead atoms. The minimum atomic E-state index is 0.137. The Morgan fingerprint density at radius 1 is 1.26 bits per heavy atom. The summed E-state index contributed by atoms with van der Waals surface area (Å²) < 4.78 is 0. The topological polar surface area (TPSA) is 24.9 Å². The highest BCUT2D eigenvalue weighted by molar-refractivity contribution is 6.31. The van der Waals surface area contributed by atoms with Crippen LogP contribution in [0.4, 0.5) is 0 Å². The highest BCUT2D eigenvalue weighted by atomic mass is 35.5. The summed E-state index contributed by atoms with van der Waals surface area (Å²) in [6.07, 6.45) is 4.52. The van der Waals surface area contributed by atoms with E-state index in [0.29, 0.717) is 5.92 Å². The maximum atomic E-state index is 6.24. The van der Waals surface area contributed by atoms with Crippen molar-refractivity contribution in [1.29, 1.82) is 0 Å². The molecule has 1 unspecified atom stereocenters. The van der Waals surface area contributed by atoms with E-state index in [1.807, 2.05) is 12.3 Å². The summed E-state index contributed by atoms with van der Waals surface area (Å²) in [5.41, 5.74) is 1.50. The van der Waals surface area contributed by atoms with Gasteiger partial charge in [0.15, 0.2) is 0 Å². The number of hydrogen-bond donors (Lipinski definition) is 1. The van der Waals surface area contributed by atoms with Gasteiger partial charge in [0.2, 0.25) is 0 Å². The van der Waals surface area contributed by atoms with Crippen molar-refractivity contribution in [3.05, 3.63) is 29.0 Å². The van der Waals surface area contributed by atoms with Gasteiger partial charge in [-0.25, -0.2) is 0 Å². The van der Waals surface area contributed by atoms with Crippen molar-refractivity contribution in [2.75, 3.05) is 6.54 Å². The monoisotopic (exact) mass is 282 g/mol. The quantitative estimate of drug-likeness (QED) is 0.870. The molecule has 0 aromatic carbocycles. The fourth-order valence-corrected chi connectivity index (χ4v) is 2.11. The van der Waals surface area contributed by atoms with E-state index in [1.165, 1.54) is 5.56 Å². The zero-order valence-electron chi connectivity index (χ0n) is 13.0. The lowest BCUT2D eigenvalue weighted by Gasteiger charge is -2.37. The highest BCUT2D eigenvalue weighted by Gasteiger charge is 2.30. The van der Waals surface area contributed by atoms with Crippen LogP contribution in [-0.2, 0) is 6.42 Å². The summed E-state index contributed by atoms with van der Waals surface area (Å²) in [4.78, 5) is 4.06. The second-order valence-electron chi connectivity index (χ2n) is 7.06. The standard InChI is InChI=1S/C16H27ClN2/c1-12(2)16(6,11-19-15(3,4)5)9-13-7-8-18-10-14(13)17/h7-8,10,12,19H,9,11H2,1-6H3. The van der Waals surface area contributed by atoms with Crippen LogP contribution in [0.5, 0.6) is 0 Å². The molecule has 3 heteroatoms. The van der Waals surface area contributed by atoms with Gasteiger partial charge in [0.25, 0.3) is 0 Å². The van der Waals surface area contributed by atoms with Gasteiger partial charge in [-0.2, -0.15) is 0 Å². The summed E-state index contributed by atoms with van der Waals surface area (Å²) in [6, 6.07) is 2.03. The number of halogens is 1.